The van der Waals surface area contributed by atoms with Gasteiger partial charge in [0, 0.05) is 0 Å². The van der Waals surface area contributed by atoms with E-state index in [1.165, 1.54) is 31.2 Å². The van der Waals surface area contributed by atoms with Crippen molar-refractivity contribution >= 4 is 0 Å². The number of unbranched alkanes of at least 4 members (excludes halogenated alkanes) is 1. The minimum absolute atomic E-state index is 0.891. The molecule has 0 radical (unpaired) electrons. The highest BCUT2D eigenvalue weighted by Gasteiger charge is 2.36. The Labute approximate surface area is 87.3 Å². The first kappa shape index (κ1) is 9.76. The Hall–Kier alpha value is -0.780. The van der Waals surface area contributed by atoms with Crippen LogP contribution in [0.2, 0.25) is 0 Å². The Morgan fingerprint density at radius 1 is 1.21 bits per heavy atom. The van der Waals surface area contributed by atoms with Crippen LogP contribution < -0.4 is 0 Å². The number of benzene rings is 1. The molecule has 1 aliphatic rings. The van der Waals surface area contributed by atoms with Crippen molar-refractivity contribution in [1.29, 1.82) is 0 Å². The van der Waals surface area contributed by atoms with Gasteiger partial charge in [0.1, 0.15) is 0 Å². The molecule has 0 spiro atoms. The van der Waals surface area contributed by atoms with Crippen LogP contribution >= 0.6 is 0 Å². The van der Waals surface area contributed by atoms with Crippen LogP contribution in [0.25, 0.3) is 0 Å². The highest BCUT2D eigenvalue weighted by molar-refractivity contribution is 5.28. The van der Waals surface area contributed by atoms with E-state index in [1.807, 2.05) is 0 Å². The quantitative estimate of drug-likeness (QED) is 0.661. The van der Waals surface area contributed by atoms with E-state index in [0.717, 1.165) is 11.8 Å². The van der Waals surface area contributed by atoms with E-state index >= 15 is 0 Å². The highest BCUT2D eigenvalue weighted by Crippen LogP contribution is 2.50. The smallest absolute Gasteiger partial charge is 0.0131 e. The number of hydrogen-bond acceptors (Lipinski definition) is 0. The summed E-state index contributed by atoms with van der Waals surface area (Å²) in [6.45, 7) is 4.44. The van der Waals surface area contributed by atoms with Gasteiger partial charge in [-0.1, -0.05) is 49.6 Å². The number of aryl methyl sites for hydroxylation is 1. The van der Waals surface area contributed by atoms with Gasteiger partial charge < -0.3 is 0 Å². The lowest BCUT2D eigenvalue weighted by atomic mass is 10.1. The minimum atomic E-state index is 0.891. The molecule has 2 rings (SSSR count). The summed E-state index contributed by atoms with van der Waals surface area (Å²) in [6, 6.07) is 9.10. The maximum atomic E-state index is 2.31. The molecule has 0 bridgehead atoms. The first-order valence-corrected chi connectivity index (χ1v) is 5.88. The van der Waals surface area contributed by atoms with Crippen molar-refractivity contribution in [1.82, 2.24) is 0 Å². The molecule has 0 amide bonds. The molecule has 1 aromatic carbocycles. The first-order chi connectivity index (χ1) is 6.81. The predicted molar refractivity (Wildman–Crippen MR) is 61.6 cm³/mol. The van der Waals surface area contributed by atoms with Crippen molar-refractivity contribution in [2.75, 3.05) is 0 Å². The van der Waals surface area contributed by atoms with Gasteiger partial charge in [0.05, 0.1) is 0 Å². The second-order valence-corrected chi connectivity index (χ2v) is 4.66. The molecular weight excluding hydrogens is 168 g/mol. The van der Waals surface area contributed by atoms with Crippen LogP contribution in [0.1, 0.15) is 49.7 Å². The summed E-state index contributed by atoms with van der Waals surface area (Å²) >= 11 is 0. The predicted octanol–water partition coefficient (Wildman–Crippen LogP) is 4.29. The van der Waals surface area contributed by atoms with E-state index in [4.69, 9.17) is 0 Å². The van der Waals surface area contributed by atoms with Gasteiger partial charge in [0.2, 0.25) is 0 Å². The maximum absolute atomic E-state index is 2.31. The Kier molecular flexibility index (Phi) is 2.90. The van der Waals surface area contributed by atoms with E-state index in [-0.39, 0.29) is 0 Å². The molecule has 0 heterocycles. The van der Waals surface area contributed by atoms with Crippen LogP contribution in [0.15, 0.2) is 24.3 Å². The average molecular weight is 188 g/mol. The monoisotopic (exact) mass is 188 g/mol. The van der Waals surface area contributed by atoms with Crippen molar-refractivity contribution in [3.63, 3.8) is 0 Å². The van der Waals surface area contributed by atoms with Gasteiger partial charge in [-0.05, 0) is 37.2 Å². The molecule has 0 heteroatoms. The van der Waals surface area contributed by atoms with Gasteiger partial charge in [0.15, 0.2) is 0 Å². The van der Waals surface area contributed by atoms with E-state index in [1.54, 1.807) is 5.56 Å². The number of hydrogen-bond donors (Lipinski definition) is 0. The highest BCUT2D eigenvalue weighted by atomic mass is 14.4. The van der Waals surface area contributed by atoms with Crippen molar-refractivity contribution in [2.45, 2.75) is 45.4 Å². The molecule has 76 valence electrons. The molecule has 14 heavy (non-hydrogen) atoms. The molecule has 1 aliphatic carbocycles. The van der Waals surface area contributed by atoms with Gasteiger partial charge in [-0.3, -0.25) is 0 Å². The Bertz CT molecular complexity index is 283. The zero-order chi connectivity index (χ0) is 9.97. The average Bonchev–Trinajstić information content (AvgIpc) is 2.95. The third-order valence-electron chi connectivity index (χ3n) is 3.36. The van der Waals surface area contributed by atoms with Gasteiger partial charge >= 0.3 is 0 Å². The van der Waals surface area contributed by atoms with Crippen LogP contribution in [0.5, 0.6) is 0 Å². The van der Waals surface area contributed by atoms with E-state index in [2.05, 4.69) is 38.1 Å². The van der Waals surface area contributed by atoms with Crippen molar-refractivity contribution in [2.24, 2.45) is 5.92 Å². The third kappa shape index (κ3) is 2.17. The first-order valence-electron chi connectivity index (χ1n) is 5.88. The van der Waals surface area contributed by atoms with Gasteiger partial charge in [0.25, 0.3) is 0 Å². The molecule has 0 unspecified atom stereocenters. The van der Waals surface area contributed by atoms with Crippen LogP contribution in [-0.4, -0.2) is 0 Å². The summed E-state index contributed by atoms with van der Waals surface area (Å²) in [5, 5.41) is 0. The fourth-order valence-corrected chi connectivity index (χ4v) is 2.25. The summed E-state index contributed by atoms with van der Waals surface area (Å²) in [6.07, 6.45) is 5.63. The van der Waals surface area contributed by atoms with E-state index < -0.39 is 0 Å². The molecule has 0 N–H and O–H groups in total. The van der Waals surface area contributed by atoms with Crippen molar-refractivity contribution in [3.05, 3.63) is 35.4 Å². The third-order valence-corrected chi connectivity index (χ3v) is 3.36. The van der Waals surface area contributed by atoms with Crippen molar-refractivity contribution in [3.8, 4) is 0 Å². The minimum Gasteiger partial charge on any atom is -0.0654 e. The molecule has 0 saturated heterocycles. The summed E-state index contributed by atoms with van der Waals surface area (Å²) in [7, 11) is 0. The van der Waals surface area contributed by atoms with Crippen LogP contribution in [0.3, 0.4) is 0 Å². The van der Waals surface area contributed by atoms with Crippen molar-refractivity contribution < 1.29 is 0 Å². The summed E-state index contributed by atoms with van der Waals surface area (Å²) in [5.74, 6) is 1.89. The van der Waals surface area contributed by atoms with E-state index in [0.29, 0.717) is 0 Å². The second-order valence-electron chi connectivity index (χ2n) is 4.66. The van der Waals surface area contributed by atoms with Gasteiger partial charge in [-0.15, -0.1) is 0 Å². The molecule has 1 fully saturated rings. The second kappa shape index (κ2) is 4.16. The molecule has 0 aliphatic heterocycles. The molecule has 1 aromatic rings. The fourth-order valence-electron chi connectivity index (χ4n) is 2.25. The maximum Gasteiger partial charge on any atom is -0.0131 e. The Morgan fingerprint density at radius 3 is 2.57 bits per heavy atom. The topological polar surface area (TPSA) is 0 Å². The zero-order valence-electron chi connectivity index (χ0n) is 9.29. The lowest BCUT2D eigenvalue weighted by Crippen LogP contribution is -1.84. The SMILES string of the molecule is CCCC[C@H]1C[C@@H]1c1ccc(C)cc1. The zero-order valence-corrected chi connectivity index (χ0v) is 9.29. The standard InChI is InChI=1S/C14H20/c1-3-4-5-13-10-14(13)12-8-6-11(2)7-9-12/h6-9,13-14H,3-5,10H2,1-2H3/t13-,14+/m0/s1. The van der Waals surface area contributed by atoms with Crippen LogP contribution in [0.4, 0.5) is 0 Å². The number of rotatable bonds is 4. The normalized spacial score (nSPS) is 25.0. The summed E-state index contributed by atoms with van der Waals surface area (Å²) in [5.41, 5.74) is 2.94. The largest absolute Gasteiger partial charge is 0.0654 e. The molecule has 0 aromatic heterocycles. The lowest BCUT2D eigenvalue weighted by Gasteiger charge is -2.00. The van der Waals surface area contributed by atoms with Gasteiger partial charge in [-0.25, -0.2) is 0 Å². The van der Waals surface area contributed by atoms with Gasteiger partial charge in [-0.2, -0.15) is 0 Å². The summed E-state index contributed by atoms with van der Waals surface area (Å²) < 4.78 is 0. The van der Waals surface area contributed by atoms with E-state index in [9.17, 15) is 0 Å². The Morgan fingerprint density at radius 2 is 1.93 bits per heavy atom. The van der Waals surface area contributed by atoms with Crippen LogP contribution in [-0.2, 0) is 0 Å². The fraction of sp³-hybridized carbons (Fsp3) is 0.571. The molecular formula is C14H20. The van der Waals surface area contributed by atoms with Crippen LogP contribution in [0, 0.1) is 12.8 Å². The molecule has 2 atom stereocenters. The summed E-state index contributed by atoms with van der Waals surface area (Å²) in [4.78, 5) is 0. The molecule has 1 saturated carbocycles. The lowest BCUT2D eigenvalue weighted by molar-refractivity contribution is 0.640. The Balaban J connectivity index is 1.89. The molecule has 0 nitrogen and oxygen atoms in total.